The van der Waals surface area contributed by atoms with Gasteiger partial charge in [0, 0.05) is 12.6 Å². The zero-order chi connectivity index (χ0) is 13.3. The summed E-state index contributed by atoms with van der Waals surface area (Å²) in [5.41, 5.74) is 4.63. The Morgan fingerprint density at radius 2 is 1.94 bits per heavy atom. The Labute approximate surface area is 108 Å². The molecular weight excluding hydrogens is 224 g/mol. The maximum absolute atomic E-state index is 5.55. The van der Waals surface area contributed by atoms with Gasteiger partial charge in [0.1, 0.15) is 11.5 Å². The molecule has 0 aliphatic rings. The van der Waals surface area contributed by atoms with Crippen molar-refractivity contribution in [3.8, 4) is 11.3 Å². The van der Waals surface area contributed by atoms with Crippen molar-refractivity contribution in [2.24, 2.45) is 0 Å². The van der Waals surface area contributed by atoms with Crippen molar-refractivity contribution in [1.82, 2.24) is 4.98 Å². The maximum Gasteiger partial charge on any atom is 0.295 e. The third-order valence-electron chi connectivity index (χ3n) is 3.19. The normalized spacial score (nSPS) is 11.0. The van der Waals surface area contributed by atoms with Crippen LogP contribution in [0.25, 0.3) is 11.3 Å². The van der Waals surface area contributed by atoms with Gasteiger partial charge in [0.2, 0.25) is 0 Å². The average Bonchev–Trinajstić information content (AvgIpc) is 2.71. The largest absolute Gasteiger partial charge is 0.428 e. The molecule has 0 amide bonds. The summed E-state index contributed by atoms with van der Waals surface area (Å²) in [6.45, 7) is 8.45. The molecule has 0 fully saturated rings. The molecule has 2 aromatic rings. The van der Waals surface area contributed by atoms with Gasteiger partial charge < -0.3 is 9.73 Å². The molecule has 2 rings (SSSR count). The Kier molecular flexibility index (Phi) is 3.41. The van der Waals surface area contributed by atoms with Gasteiger partial charge in [0.05, 0.1) is 0 Å². The van der Waals surface area contributed by atoms with Gasteiger partial charge >= 0.3 is 0 Å². The number of aryl methyl sites for hydroxylation is 2. The summed E-state index contributed by atoms with van der Waals surface area (Å²) in [4.78, 5) is 4.48. The first kappa shape index (κ1) is 12.7. The smallest absolute Gasteiger partial charge is 0.295 e. The third-order valence-corrected chi connectivity index (χ3v) is 3.19. The predicted octanol–water partition coefficient (Wildman–Crippen LogP) is 4.12. The number of hydrogen-bond donors (Lipinski definition) is 1. The molecule has 3 nitrogen and oxygen atoms in total. The lowest BCUT2D eigenvalue weighted by Gasteiger charge is -2.09. The van der Waals surface area contributed by atoms with E-state index < -0.39 is 0 Å². The van der Waals surface area contributed by atoms with Gasteiger partial charge in [-0.2, -0.15) is 4.98 Å². The Hall–Kier alpha value is -1.77. The summed E-state index contributed by atoms with van der Waals surface area (Å²) in [6.07, 6.45) is 0. The molecular formula is C15H20N2O. The van der Waals surface area contributed by atoms with Crippen LogP contribution in [0, 0.1) is 13.8 Å². The summed E-state index contributed by atoms with van der Waals surface area (Å²) >= 11 is 0. The van der Waals surface area contributed by atoms with E-state index in [0.717, 1.165) is 17.0 Å². The molecule has 0 aliphatic carbocycles. The number of aromatic nitrogens is 1. The Bertz CT molecular complexity index is 556. The van der Waals surface area contributed by atoms with Crippen molar-refractivity contribution in [3.63, 3.8) is 0 Å². The lowest BCUT2D eigenvalue weighted by atomic mass is 9.96. The minimum absolute atomic E-state index is 0.514. The van der Waals surface area contributed by atoms with Crippen molar-refractivity contribution in [2.45, 2.75) is 33.6 Å². The molecule has 18 heavy (non-hydrogen) atoms. The van der Waals surface area contributed by atoms with Crippen LogP contribution in [-0.2, 0) is 0 Å². The second-order valence-corrected chi connectivity index (χ2v) is 4.90. The van der Waals surface area contributed by atoms with Gasteiger partial charge in [-0.25, -0.2) is 0 Å². The molecule has 0 unspecified atom stereocenters. The molecule has 3 heteroatoms. The van der Waals surface area contributed by atoms with Crippen molar-refractivity contribution < 1.29 is 4.42 Å². The highest BCUT2D eigenvalue weighted by Gasteiger charge is 2.14. The summed E-state index contributed by atoms with van der Waals surface area (Å²) in [5.74, 6) is 1.36. The van der Waals surface area contributed by atoms with E-state index in [2.05, 4.69) is 49.3 Å². The third kappa shape index (κ3) is 2.26. The zero-order valence-corrected chi connectivity index (χ0v) is 11.7. The quantitative estimate of drug-likeness (QED) is 0.882. The number of anilines is 1. The van der Waals surface area contributed by atoms with Crippen LogP contribution in [0.2, 0.25) is 0 Å². The minimum Gasteiger partial charge on any atom is -0.428 e. The van der Waals surface area contributed by atoms with Crippen molar-refractivity contribution in [2.75, 3.05) is 12.4 Å². The molecule has 1 aromatic heterocycles. The Morgan fingerprint density at radius 1 is 1.22 bits per heavy atom. The lowest BCUT2D eigenvalue weighted by molar-refractivity contribution is 0.544. The maximum atomic E-state index is 5.55. The summed E-state index contributed by atoms with van der Waals surface area (Å²) in [5, 5.41) is 2.94. The highest BCUT2D eigenvalue weighted by Crippen LogP contribution is 2.30. The van der Waals surface area contributed by atoms with Gasteiger partial charge in [-0.3, -0.25) is 0 Å². The molecule has 1 heterocycles. The van der Waals surface area contributed by atoms with Gasteiger partial charge in [0.15, 0.2) is 0 Å². The van der Waals surface area contributed by atoms with Crippen molar-refractivity contribution in [1.29, 1.82) is 0 Å². The fraction of sp³-hybridized carbons (Fsp3) is 0.400. The van der Waals surface area contributed by atoms with Crippen LogP contribution in [-0.4, -0.2) is 12.0 Å². The number of rotatable bonds is 3. The first-order valence-corrected chi connectivity index (χ1v) is 6.29. The summed E-state index contributed by atoms with van der Waals surface area (Å²) in [6, 6.07) is 7.11. The summed E-state index contributed by atoms with van der Waals surface area (Å²) < 4.78 is 5.55. The van der Waals surface area contributed by atoms with Crippen LogP contribution in [0.15, 0.2) is 22.6 Å². The van der Waals surface area contributed by atoms with Crippen molar-refractivity contribution in [3.05, 3.63) is 35.1 Å². The number of nitrogens with one attached hydrogen (secondary N) is 1. The predicted molar refractivity (Wildman–Crippen MR) is 75.0 cm³/mol. The molecule has 1 aromatic carbocycles. The van der Waals surface area contributed by atoms with E-state index in [1.54, 1.807) is 0 Å². The average molecular weight is 244 g/mol. The van der Waals surface area contributed by atoms with E-state index in [0.29, 0.717) is 11.9 Å². The van der Waals surface area contributed by atoms with E-state index in [-0.39, 0.29) is 0 Å². The summed E-state index contributed by atoms with van der Waals surface area (Å²) in [7, 11) is 1.81. The number of benzene rings is 1. The van der Waals surface area contributed by atoms with Gasteiger partial charge in [-0.15, -0.1) is 0 Å². The van der Waals surface area contributed by atoms with Crippen LogP contribution in [0.1, 0.15) is 36.7 Å². The molecule has 0 saturated heterocycles. The second-order valence-electron chi connectivity index (χ2n) is 4.90. The fourth-order valence-electron chi connectivity index (χ4n) is 2.01. The highest BCUT2D eigenvalue weighted by atomic mass is 16.4. The first-order chi connectivity index (χ1) is 8.52. The molecule has 0 aliphatic heterocycles. The monoisotopic (exact) mass is 244 g/mol. The molecule has 0 radical (unpaired) electrons. The lowest BCUT2D eigenvalue weighted by Crippen LogP contribution is -1.92. The molecule has 0 bridgehead atoms. The highest BCUT2D eigenvalue weighted by molar-refractivity contribution is 5.67. The topological polar surface area (TPSA) is 38.1 Å². The molecule has 0 saturated carbocycles. The Morgan fingerprint density at radius 3 is 2.50 bits per heavy atom. The fourth-order valence-corrected chi connectivity index (χ4v) is 2.01. The molecule has 96 valence electrons. The van der Waals surface area contributed by atoms with Gasteiger partial charge in [-0.1, -0.05) is 26.0 Å². The Balaban J connectivity index is 2.54. The van der Waals surface area contributed by atoms with Crippen LogP contribution >= 0.6 is 0 Å². The van der Waals surface area contributed by atoms with Crippen LogP contribution in [0.4, 0.5) is 6.01 Å². The van der Waals surface area contributed by atoms with E-state index in [1.807, 2.05) is 14.0 Å². The van der Waals surface area contributed by atoms with Gasteiger partial charge in [0.25, 0.3) is 6.01 Å². The van der Waals surface area contributed by atoms with Crippen LogP contribution in [0.3, 0.4) is 0 Å². The first-order valence-electron chi connectivity index (χ1n) is 6.29. The van der Waals surface area contributed by atoms with E-state index in [4.69, 9.17) is 4.42 Å². The second kappa shape index (κ2) is 4.84. The SMILES string of the molecule is CNc1nc(-c2cc(C(C)C)ccc2C)c(C)o1. The molecule has 0 spiro atoms. The molecule has 1 N–H and O–H groups in total. The zero-order valence-electron chi connectivity index (χ0n) is 11.7. The van der Waals surface area contributed by atoms with Gasteiger partial charge in [-0.05, 0) is 37.0 Å². The van der Waals surface area contributed by atoms with E-state index >= 15 is 0 Å². The molecule has 0 atom stereocenters. The number of nitrogens with zero attached hydrogens (tertiary/aromatic N) is 1. The van der Waals surface area contributed by atoms with E-state index in [9.17, 15) is 0 Å². The van der Waals surface area contributed by atoms with Crippen LogP contribution in [0.5, 0.6) is 0 Å². The minimum atomic E-state index is 0.514. The number of hydrogen-bond acceptors (Lipinski definition) is 3. The van der Waals surface area contributed by atoms with Crippen molar-refractivity contribution >= 4 is 6.01 Å². The van der Waals surface area contributed by atoms with Crippen LogP contribution < -0.4 is 5.32 Å². The standard InChI is InChI=1S/C15H20N2O/c1-9(2)12-7-6-10(3)13(8-12)14-11(4)18-15(16-5)17-14/h6-9H,1-5H3,(H,16,17). The van der Waals surface area contributed by atoms with E-state index in [1.165, 1.54) is 11.1 Å². The number of oxazole rings is 1.